The largest absolute Gasteiger partial charge is 0.356 e. The standard InChI is InChI=1S/C22H26N2O2/c25-21(23-16-15-17-7-3-1-4-8-17)18-11-13-19(14-12-18)22(26)24-20-9-5-2-6-10-20/h1-10,18-19H,11-16H2,(H,23,25)(H,24,26). The summed E-state index contributed by atoms with van der Waals surface area (Å²) in [5.74, 6) is 0.233. The average molecular weight is 350 g/mol. The molecule has 0 spiro atoms. The maximum Gasteiger partial charge on any atom is 0.227 e. The van der Waals surface area contributed by atoms with Crippen molar-refractivity contribution in [1.82, 2.24) is 5.32 Å². The number of carbonyl (C=O) groups is 2. The minimum Gasteiger partial charge on any atom is -0.356 e. The molecule has 4 heteroatoms. The maximum absolute atomic E-state index is 12.4. The lowest BCUT2D eigenvalue weighted by molar-refractivity contribution is -0.128. The van der Waals surface area contributed by atoms with Gasteiger partial charge in [-0.3, -0.25) is 9.59 Å². The van der Waals surface area contributed by atoms with Gasteiger partial charge in [0.25, 0.3) is 0 Å². The molecule has 1 saturated carbocycles. The molecule has 0 bridgehead atoms. The first-order valence-electron chi connectivity index (χ1n) is 9.40. The number of nitrogens with one attached hydrogen (secondary N) is 2. The van der Waals surface area contributed by atoms with Crippen LogP contribution in [0.1, 0.15) is 31.2 Å². The van der Waals surface area contributed by atoms with Gasteiger partial charge in [-0.05, 0) is 49.8 Å². The molecule has 3 rings (SSSR count). The zero-order valence-electron chi connectivity index (χ0n) is 15.0. The third kappa shape index (κ3) is 5.19. The number of carbonyl (C=O) groups excluding carboxylic acids is 2. The first kappa shape index (κ1) is 18.2. The van der Waals surface area contributed by atoms with Crippen LogP contribution in [0, 0.1) is 11.8 Å². The minimum absolute atomic E-state index is 0.00331. The van der Waals surface area contributed by atoms with E-state index in [1.165, 1.54) is 5.56 Å². The lowest BCUT2D eigenvalue weighted by Gasteiger charge is -2.27. The molecule has 1 aliphatic rings. The lowest BCUT2D eigenvalue weighted by atomic mass is 9.81. The van der Waals surface area contributed by atoms with E-state index in [4.69, 9.17) is 0 Å². The van der Waals surface area contributed by atoms with Crippen LogP contribution in [0.15, 0.2) is 60.7 Å². The van der Waals surface area contributed by atoms with E-state index in [1.54, 1.807) is 0 Å². The molecule has 0 aromatic heterocycles. The molecule has 1 aliphatic carbocycles. The molecule has 2 N–H and O–H groups in total. The topological polar surface area (TPSA) is 58.2 Å². The lowest BCUT2D eigenvalue weighted by Crippen LogP contribution is -2.36. The predicted octanol–water partition coefficient (Wildman–Crippen LogP) is 3.79. The number of hydrogen-bond acceptors (Lipinski definition) is 2. The number of amides is 2. The van der Waals surface area contributed by atoms with E-state index in [0.717, 1.165) is 37.8 Å². The Morgan fingerprint density at radius 2 is 1.31 bits per heavy atom. The highest BCUT2D eigenvalue weighted by Gasteiger charge is 2.29. The summed E-state index contributed by atoms with van der Waals surface area (Å²) in [6.45, 7) is 0.664. The molecule has 2 amide bonds. The van der Waals surface area contributed by atoms with Crippen LogP contribution in [0.4, 0.5) is 5.69 Å². The summed E-state index contributed by atoms with van der Waals surface area (Å²) in [6, 6.07) is 19.7. The molecule has 0 unspecified atom stereocenters. The SMILES string of the molecule is O=C(NCCc1ccccc1)C1CCC(C(=O)Nc2ccccc2)CC1. The average Bonchev–Trinajstić information content (AvgIpc) is 2.69. The molecule has 2 aromatic rings. The summed E-state index contributed by atoms with van der Waals surface area (Å²) in [5.41, 5.74) is 2.06. The summed E-state index contributed by atoms with van der Waals surface area (Å²) >= 11 is 0. The molecular formula is C22H26N2O2. The Balaban J connectivity index is 1.38. The fraction of sp³-hybridized carbons (Fsp3) is 0.364. The third-order valence-electron chi connectivity index (χ3n) is 5.07. The molecular weight excluding hydrogens is 324 g/mol. The molecule has 0 radical (unpaired) electrons. The molecule has 1 fully saturated rings. The molecule has 26 heavy (non-hydrogen) atoms. The van der Waals surface area contributed by atoms with Crippen LogP contribution in [0.5, 0.6) is 0 Å². The van der Waals surface area contributed by atoms with Crippen molar-refractivity contribution in [1.29, 1.82) is 0 Å². The number of anilines is 1. The van der Waals surface area contributed by atoms with Crippen LogP contribution in [-0.4, -0.2) is 18.4 Å². The van der Waals surface area contributed by atoms with Gasteiger partial charge in [0.05, 0.1) is 0 Å². The van der Waals surface area contributed by atoms with Gasteiger partial charge in [-0.2, -0.15) is 0 Å². The predicted molar refractivity (Wildman–Crippen MR) is 104 cm³/mol. The first-order chi connectivity index (χ1) is 12.7. The highest BCUT2D eigenvalue weighted by molar-refractivity contribution is 5.92. The summed E-state index contributed by atoms with van der Waals surface area (Å²) in [5, 5.41) is 6.01. The smallest absolute Gasteiger partial charge is 0.227 e. The van der Waals surface area contributed by atoms with E-state index in [2.05, 4.69) is 22.8 Å². The summed E-state index contributed by atoms with van der Waals surface area (Å²) < 4.78 is 0. The number of hydrogen-bond donors (Lipinski definition) is 2. The number of rotatable bonds is 6. The number of para-hydroxylation sites is 1. The van der Waals surface area contributed by atoms with Crippen molar-refractivity contribution in [2.45, 2.75) is 32.1 Å². The zero-order chi connectivity index (χ0) is 18.2. The molecule has 0 heterocycles. The first-order valence-corrected chi connectivity index (χ1v) is 9.40. The van der Waals surface area contributed by atoms with E-state index in [-0.39, 0.29) is 23.7 Å². The summed E-state index contributed by atoms with van der Waals surface area (Å²) in [4.78, 5) is 24.7. The summed E-state index contributed by atoms with van der Waals surface area (Å²) in [6.07, 6.45) is 3.96. The van der Waals surface area contributed by atoms with Crippen molar-refractivity contribution < 1.29 is 9.59 Å². The Hall–Kier alpha value is -2.62. The Morgan fingerprint density at radius 3 is 1.92 bits per heavy atom. The Kier molecular flexibility index (Phi) is 6.42. The molecule has 0 atom stereocenters. The molecule has 136 valence electrons. The van der Waals surface area contributed by atoms with E-state index >= 15 is 0 Å². The van der Waals surface area contributed by atoms with Crippen LogP contribution < -0.4 is 10.6 Å². The molecule has 0 aliphatic heterocycles. The quantitative estimate of drug-likeness (QED) is 0.833. The van der Waals surface area contributed by atoms with Gasteiger partial charge < -0.3 is 10.6 Å². The Morgan fingerprint density at radius 1 is 0.769 bits per heavy atom. The van der Waals surface area contributed by atoms with E-state index in [9.17, 15) is 9.59 Å². The van der Waals surface area contributed by atoms with Gasteiger partial charge in [-0.1, -0.05) is 48.5 Å². The van der Waals surface area contributed by atoms with Gasteiger partial charge in [-0.25, -0.2) is 0 Å². The maximum atomic E-state index is 12.4. The Labute approximate surface area is 155 Å². The van der Waals surface area contributed by atoms with Crippen molar-refractivity contribution in [3.8, 4) is 0 Å². The van der Waals surface area contributed by atoms with Crippen LogP contribution in [0.2, 0.25) is 0 Å². The second kappa shape index (κ2) is 9.18. The second-order valence-corrected chi connectivity index (χ2v) is 6.93. The van der Waals surface area contributed by atoms with Crippen molar-refractivity contribution >= 4 is 17.5 Å². The van der Waals surface area contributed by atoms with Gasteiger partial charge in [0.2, 0.25) is 11.8 Å². The zero-order valence-corrected chi connectivity index (χ0v) is 15.0. The van der Waals surface area contributed by atoms with Crippen molar-refractivity contribution in [2.75, 3.05) is 11.9 Å². The van der Waals surface area contributed by atoms with Crippen LogP contribution in [0.25, 0.3) is 0 Å². The van der Waals surface area contributed by atoms with Gasteiger partial charge in [0, 0.05) is 24.1 Å². The van der Waals surface area contributed by atoms with Gasteiger partial charge in [-0.15, -0.1) is 0 Å². The van der Waals surface area contributed by atoms with Crippen molar-refractivity contribution in [2.24, 2.45) is 11.8 Å². The number of benzene rings is 2. The normalized spacial score (nSPS) is 19.5. The highest BCUT2D eigenvalue weighted by Crippen LogP contribution is 2.29. The van der Waals surface area contributed by atoms with E-state index in [0.29, 0.717) is 6.54 Å². The molecule has 4 nitrogen and oxygen atoms in total. The van der Waals surface area contributed by atoms with Crippen molar-refractivity contribution in [3.05, 3.63) is 66.2 Å². The van der Waals surface area contributed by atoms with Gasteiger partial charge >= 0.3 is 0 Å². The highest BCUT2D eigenvalue weighted by atomic mass is 16.2. The Bertz CT molecular complexity index is 707. The molecule has 2 aromatic carbocycles. The van der Waals surface area contributed by atoms with Gasteiger partial charge in [0.1, 0.15) is 0 Å². The summed E-state index contributed by atoms with van der Waals surface area (Å²) in [7, 11) is 0. The van der Waals surface area contributed by atoms with Crippen LogP contribution in [0.3, 0.4) is 0 Å². The van der Waals surface area contributed by atoms with E-state index in [1.807, 2.05) is 48.5 Å². The van der Waals surface area contributed by atoms with Crippen LogP contribution in [-0.2, 0) is 16.0 Å². The van der Waals surface area contributed by atoms with Crippen molar-refractivity contribution in [3.63, 3.8) is 0 Å². The van der Waals surface area contributed by atoms with E-state index < -0.39 is 0 Å². The fourth-order valence-electron chi connectivity index (χ4n) is 3.50. The van der Waals surface area contributed by atoms with Gasteiger partial charge in [0.15, 0.2) is 0 Å². The second-order valence-electron chi connectivity index (χ2n) is 6.93. The van der Waals surface area contributed by atoms with Crippen LogP contribution >= 0.6 is 0 Å². The monoisotopic (exact) mass is 350 g/mol. The third-order valence-corrected chi connectivity index (χ3v) is 5.07. The fourth-order valence-corrected chi connectivity index (χ4v) is 3.50. The minimum atomic E-state index is 0.00331. The molecule has 0 saturated heterocycles.